The first-order valence-electron chi connectivity index (χ1n) is 7.43. The second-order valence-corrected chi connectivity index (χ2v) is 6.36. The van der Waals surface area contributed by atoms with Crippen LogP contribution in [0.1, 0.15) is 65.7 Å². The molecule has 0 aromatic carbocycles. The first kappa shape index (κ1) is 12.4. The first-order chi connectivity index (χ1) is 7.68. The van der Waals surface area contributed by atoms with Crippen molar-refractivity contribution >= 4 is 0 Å². The van der Waals surface area contributed by atoms with Gasteiger partial charge in [0.05, 0.1) is 0 Å². The highest BCUT2D eigenvalue weighted by molar-refractivity contribution is 4.98. The molecule has 16 heavy (non-hydrogen) atoms. The highest BCUT2D eigenvalue weighted by Gasteiger charge is 2.42. The topological polar surface area (TPSA) is 3.24 Å². The maximum atomic E-state index is 2.81. The van der Waals surface area contributed by atoms with Crippen LogP contribution in [0.25, 0.3) is 0 Å². The lowest BCUT2D eigenvalue weighted by Crippen LogP contribution is -2.55. The Morgan fingerprint density at radius 2 is 1.88 bits per heavy atom. The molecule has 0 N–H and O–H groups in total. The number of piperidine rings is 1. The zero-order valence-electron chi connectivity index (χ0n) is 11.5. The molecule has 1 saturated carbocycles. The Morgan fingerprint density at radius 3 is 2.44 bits per heavy atom. The number of rotatable bonds is 2. The standard InChI is InChI=1S/C15H29N/c1-4-16-11-8-14(13(2)3)12-15(16)9-6-5-7-10-15/h13-14H,4-12H2,1-3H3. The van der Waals surface area contributed by atoms with Crippen molar-refractivity contribution in [2.75, 3.05) is 13.1 Å². The van der Waals surface area contributed by atoms with Gasteiger partial charge in [0.25, 0.3) is 0 Å². The SMILES string of the molecule is CCN1CCC(C(C)C)CC12CCCCC2. The molecule has 0 radical (unpaired) electrons. The predicted molar refractivity (Wildman–Crippen MR) is 70.6 cm³/mol. The van der Waals surface area contributed by atoms with Gasteiger partial charge in [-0.3, -0.25) is 4.90 Å². The van der Waals surface area contributed by atoms with E-state index < -0.39 is 0 Å². The van der Waals surface area contributed by atoms with Crippen LogP contribution in [0.2, 0.25) is 0 Å². The van der Waals surface area contributed by atoms with E-state index in [4.69, 9.17) is 0 Å². The molecule has 1 heteroatoms. The molecule has 1 aliphatic heterocycles. The minimum atomic E-state index is 0.611. The maximum Gasteiger partial charge on any atom is 0.0212 e. The van der Waals surface area contributed by atoms with E-state index in [0.29, 0.717) is 5.54 Å². The van der Waals surface area contributed by atoms with Gasteiger partial charge in [0, 0.05) is 5.54 Å². The number of likely N-dealkylation sites (tertiary alicyclic amines) is 1. The lowest BCUT2D eigenvalue weighted by Gasteiger charge is -2.52. The molecule has 1 atom stereocenters. The molecule has 1 aliphatic carbocycles. The summed E-state index contributed by atoms with van der Waals surface area (Å²) in [4.78, 5) is 2.81. The summed E-state index contributed by atoms with van der Waals surface area (Å²) in [5, 5.41) is 0. The molecule has 0 aromatic rings. The number of hydrogen-bond acceptors (Lipinski definition) is 1. The zero-order chi connectivity index (χ0) is 11.6. The van der Waals surface area contributed by atoms with Crippen LogP contribution in [0.3, 0.4) is 0 Å². The molecule has 1 unspecified atom stereocenters. The van der Waals surface area contributed by atoms with Crippen LogP contribution in [-0.2, 0) is 0 Å². The molecule has 2 rings (SSSR count). The third-order valence-electron chi connectivity index (χ3n) is 5.19. The molecule has 1 heterocycles. The lowest BCUT2D eigenvalue weighted by molar-refractivity contribution is -0.0146. The minimum absolute atomic E-state index is 0.611. The smallest absolute Gasteiger partial charge is 0.0212 e. The van der Waals surface area contributed by atoms with E-state index in [-0.39, 0.29) is 0 Å². The average molecular weight is 223 g/mol. The second kappa shape index (κ2) is 5.08. The van der Waals surface area contributed by atoms with Gasteiger partial charge >= 0.3 is 0 Å². The Balaban J connectivity index is 2.09. The molecule has 2 fully saturated rings. The molecule has 1 nitrogen and oxygen atoms in total. The predicted octanol–water partition coefficient (Wildman–Crippen LogP) is 4.08. The molecular weight excluding hydrogens is 194 g/mol. The van der Waals surface area contributed by atoms with Gasteiger partial charge in [-0.2, -0.15) is 0 Å². The third-order valence-corrected chi connectivity index (χ3v) is 5.19. The number of nitrogens with zero attached hydrogens (tertiary/aromatic N) is 1. The molecule has 94 valence electrons. The fourth-order valence-electron chi connectivity index (χ4n) is 4.07. The Bertz CT molecular complexity index is 215. The van der Waals surface area contributed by atoms with Crippen LogP contribution in [-0.4, -0.2) is 23.5 Å². The van der Waals surface area contributed by atoms with Gasteiger partial charge in [-0.05, 0) is 50.6 Å². The van der Waals surface area contributed by atoms with Crippen molar-refractivity contribution < 1.29 is 0 Å². The summed E-state index contributed by atoms with van der Waals surface area (Å²) < 4.78 is 0. The molecule has 1 saturated heterocycles. The molecule has 0 amide bonds. The van der Waals surface area contributed by atoms with Crippen LogP contribution in [0.15, 0.2) is 0 Å². The van der Waals surface area contributed by atoms with Crippen molar-refractivity contribution in [3.05, 3.63) is 0 Å². The summed E-state index contributed by atoms with van der Waals surface area (Å²) in [6.07, 6.45) is 10.3. The van der Waals surface area contributed by atoms with Gasteiger partial charge < -0.3 is 0 Å². The first-order valence-corrected chi connectivity index (χ1v) is 7.43. The normalized spacial score (nSPS) is 31.1. The van der Waals surface area contributed by atoms with Crippen molar-refractivity contribution in [1.82, 2.24) is 4.90 Å². The van der Waals surface area contributed by atoms with Crippen LogP contribution in [0.5, 0.6) is 0 Å². The van der Waals surface area contributed by atoms with Gasteiger partial charge in [-0.25, -0.2) is 0 Å². The highest BCUT2D eigenvalue weighted by Crippen LogP contribution is 2.44. The quantitative estimate of drug-likeness (QED) is 0.682. The second-order valence-electron chi connectivity index (χ2n) is 6.36. The van der Waals surface area contributed by atoms with Gasteiger partial charge in [-0.15, -0.1) is 0 Å². The maximum absolute atomic E-state index is 2.81. The van der Waals surface area contributed by atoms with Gasteiger partial charge in [0.15, 0.2) is 0 Å². The van der Waals surface area contributed by atoms with E-state index in [1.165, 1.54) is 58.0 Å². The minimum Gasteiger partial charge on any atom is -0.298 e. The fraction of sp³-hybridized carbons (Fsp3) is 1.00. The van der Waals surface area contributed by atoms with Crippen LogP contribution in [0.4, 0.5) is 0 Å². The Labute approximate surface area is 102 Å². The molecular formula is C15H29N. The van der Waals surface area contributed by atoms with Gasteiger partial charge in [-0.1, -0.05) is 40.0 Å². The van der Waals surface area contributed by atoms with Crippen LogP contribution >= 0.6 is 0 Å². The van der Waals surface area contributed by atoms with Crippen molar-refractivity contribution in [3.63, 3.8) is 0 Å². The third kappa shape index (κ3) is 2.30. The largest absolute Gasteiger partial charge is 0.298 e. The van der Waals surface area contributed by atoms with Crippen molar-refractivity contribution in [2.24, 2.45) is 11.8 Å². The van der Waals surface area contributed by atoms with Crippen molar-refractivity contribution in [1.29, 1.82) is 0 Å². The van der Waals surface area contributed by atoms with E-state index in [0.717, 1.165) is 11.8 Å². The average Bonchev–Trinajstić information content (AvgIpc) is 2.30. The van der Waals surface area contributed by atoms with E-state index >= 15 is 0 Å². The van der Waals surface area contributed by atoms with Crippen LogP contribution < -0.4 is 0 Å². The fourth-order valence-corrected chi connectivity index (χ4v) is 4.07. The zero-order valence-corrected chi connectivity index (χ0v) is 11.5. The van der Waals surface area contributed by atoms with E-state index in [9.17, 15) is 0 Å². The molecule has 0 bridgehead atoms. The van der Waals surface area contributed by atoms with Crippen molar-refractivity contribution in [2.45, 2.75) is 71.3 Å². The summed E-state index contributed by atoms with van der Waals surface area (Å²) in [6, 6.07) is 0. The van der Waals surface area contributed by atoms with Crippen LogP contribution in [0, 0.1) is 11.8 Å². The Kier molecular flexibility index (Phi) is 3.94. The van der Waals surface area contributed by atoms with E-state index in [1.807, 2.05) is 0 Å². The number of hydrogen-bond donors (Lipinski definition) is 0. The lowest BCUT2D eigenvalue weighted by atomic mass is 9.69. The summed E-state index contributed by atoms with van der Waals surface area (Å²) in [7, 11) is 0. The molecule has 2 aliphatic rings. The summed E-state index contributed by atoms with van der Waals surface area (Å²) in [5.74, 6) is 1.87. The summed E-state index contributed by atoms with van der Waals surface area (Å²) in [6.45, 7) is 9.82. The highest BCUT2D eigenvalue weighted by atomic mass is 15.2. The monoisotopic (exact) mass is 223 g/mol. The van der Waals surface area contributed by atoms with E-state index in [2.05, 4.69) is 25.7 Å². The summed E-state index contributed by atoms with van der Waals surface area (Å²) >= 11 is 0. The van der Waals surface area contributed by atoms with E-state index in [1.54, 1.807) is 0 Å². The Morgan fingerprint density at radius 1 is 1.19 bits per heavy atom. The van der Waals surface area contributed by atoms with Gasteiger partial charge in [0.1, 0.15) is 0 Å². The Hall–Kier alpha value is -0.0400. The molecule has 1 spiro atoms. The van der Waals surface area contributed by atoms with Crippen molar-refractivity contribution in [3.8, 4) is 0 Å². The van der Waals surface area contributed by atoms with Gasteiger partial charge in [0.2, 0.25) is 0 Å². The molecule has 0 aromatic heterocycles. The summed E-state index contributed by atoms with van der Waals surface area (Å²) in [5.41, 5.74) is 0.611.